The largest absolute Gasteiger partial charge is 0.444 e. The zero-order chi connectivity index (χ0) is 25.1. The first kappa shape index (κ1) is 26.0. The number of hydrogen-bond acceptors (Lipinski definition) is 8. The standard InChI is InChI=1S/C23H30N2O8S/c1-23(21(26)24-28,34(4,29)30)13-18-14-25(22(27)33-18)17-9-7-15(8-10-17)5-6-16-11-19(31-2)20(12-16)32-3/h7-10,16,18-20,28H,11-14H2,1-4H3,(H,24,26)/t16-,18-,19-,20+,23+/m0/s1. The average Bonchev–Trinajstić information content (AvgIpc) is 3.38. The number of benzene rings is 1. The monoisotopic (exact) mass is 494 g/mol. The van der Waals surface area contributed by atoms with Gasteiger partial charge in [0.15, 0.2) is 14.6 Å². The predicted octanol–water partition coefficient (Wildman–Crippen LogP) is 1.50. The van der Waals surface area contributed by atoms with Crippen LogP contribution in [0.5, 0.6) is 0 Å². The van der Waals surface area contributed by atoms with Crippen LogP contribution in [-0.2, 0) is 28.8 Å². The molecule has 0 aromatic heterocycles. The minimum atomic E-state index is -3.91. The Kier molecular flexibility index (Phi) is 7.88. The molecule has 2 aliphatic rings. The Labute approximate surface area is 199 Å². The van der Waals surface area contributed by atoms with E-state index in [-0.39, 0.29) is 31.1 Å². The van der Waals surface area contributed by atoms with Crippen LogP contribution in [0.15, 0.2) is 24.3 Å². The Morgan fingerprint density at radius 1 is 1.24 bits per heavy atom. The summed E-state index contributed by atoms with van der Waals surface area (Å²) in [6.07, 6.45) is 0.787. The molecule has 11 heteroatoms. The van der Waals surface area contributed by atoms with E-state index in [9.17, 15) is 18.0 Å². The summed E-state index contributed by atoms with van der Waals surface area (Å²) in [5.74, 6) is 5.50. The van der Waals surface area contributed by atoms with Gasteiger partial charge < -0.3 is 14.2 Å². The van der Waals surface area contributed by atoms with Gasteiger partial charge in [0.05, 0.1) is 18.8 Å². The maximum Gasteiger partial charge on any atom is 0.414 e. The second-order valence-electron chi connectivity index (χ2n) is 8.80. The highest BCUT2D eigenvalue weighted by molar-refractivity contribution is 7.92. The third-order valence-electron chi connectivity index (χ3n) is 6.54. The maximum absolute atomic E-state index is 12.4. The SMILES string of the molecule is CO[C@H]1C[C@H](C#Cc2ccc(N3C[C@H](C[C@](C)(C(=O)NO)S(C)(=O)=O)OC3=O)cc2)C[C@H]1OC. The van der Waals surface area contributed by atoms with Crippen molar-refractivity contribution in [2.24, 2.45) is 5.92 Å². The van der Waals surface area contributed by atoms with Gasteiger partial charge in [-0.15, -0.1) is 0 Å². The topological polar surface area (TPSA) is 131 Å². The normalized spacial score (nSPS) is 26.4. The van der Waals surface area contributed by atoms with Crippen molar-refractivity contribution in [3.8, 4) is 11.8 Å². The summed E-state index contributed by atoms with van der Waals surface area (Å²) >= 11 is 0. The van der Waals surface area contributed by atoms with Crippen LogP contribution < -0.4 is 10.4 Å². The van der Waals surface area contributed by atoms with Crippen molar-refractivity contribution in [2.75, 3.05) is 31.9 Å². The second-order valence-corrected chi connectivity index (χ2v) is 11.2. The van der Waals surface area contributed by atoms with Gasteiger partial charge in [-0.3, -0.25) is 14.9 Å². The Morgan fingerprint density at radius 3 is 2.32 bits per heavy atom. The molecule has 0 bridgehead atoms. The lowest BCUT2D eigenvalue weighted by Gasteiger charge is -2.26. The van der Waals surface area contributed by atoms with E-state index in [0.717, 1.165) is 24.7 Å². The lowest BCUT2D eigenvalue weighted by atomic mass is 10.0. The molecule has 2 fully saturated rings. The van der Waals surface area contributed by atoms with Gasteiger partial charge in [0, 0.05) is 44.1 Å². The van der Waals surface area contributed by atoms with E-state index >= 15 is 0 Å². The van der Waals surface area contributed by atoms with E-state index in [1.165, 1.54) is 17.3 Å². The van der Waals surface area contributed by atoms with Crippen LogP contribution in [0.25, 0.3) is 0 Å². The minimum absolute atomic E-state index is 0.0359. The lowest BCUT2D eigenvalue weighted by Crippen LogP contribution is -2.51. The summed E-state index contributed by atoms with van der Waals surface area (Å²) in [5.41, 5.74) is 2.74. The number of carbonyl (C=O) groups is 2. The number of anilines is 1. The van der Waals surface area contributed by atoms with E-state index in [0.29, 0.717) is 5.69 Å². The van der Waals surface area contributed by atoms with Crippen LogP contribution in [0.3, 0.4) is 0 Å². The smallest absolute Gasteiger partial charge is 0.414 e. The van der Waals surface area contributed by atoms with E-state index in [2.05, 4.69) is 11.8 Å². The highest BCUT2D eigenvalue weighted by Gasteiger charge is 2.48. The van der Waals surface area contributed by atoms with E-state index in [1.54, 1.807) is 38.5 Å². The molecule has 1 aromatic carbocycles. The molecule has 186 valence electrons. The molecule has 2 N–H and O–H groups in total. The summed E-state index contributed by atoms with van der Waals surface area (Å²) in [7, 11) is -0.568. The van der Waals surface area contributed by atoms with Crippen molar-refractivity contribution in [1.29, 1.82) is 0 Å². The number of cyclic esters (lactones) is 1. The number of ether oxygens (including phenoxy) is 3. The van der Waals surface area contributed by atoms with Gasteiger partial charge in [-0.05, 0) is 44.0 Å². The summed E-state index contributed by atoms with van der Waals surface area (Å²) in [5, 5.41) is 8.97. The van der Waals surface area contributed by atoms with Gasteiger partial charge in [0.2, 0.25) is 0 Å². The maximum atomic E-state index is 12.4. The Bertz CT molecular complexity index is 1070. The minimum Gasteiger partial charge on any atom is -0.444 e. The molecule has 2 amide bonds. The van der Waals surface area contributed by atoms with Crippen molar-refractivity contribution >= 4 is 27.5 Å². The van der Waals surface area contributed by atoms with Crippen molar-refractivity contribution in [2.45, 2.75) is 49.2 Å². The fourth-order valence-electron chi connectivity index (χ4n) is 4.29. The molecule has 1 saturated heterocycles. The Hall–Kier alpha value is -2.65. The third-order valence-corrected chi connectivity index (χ3v) is 8.53. The fraction of sp³-hybridized carbons (Fsp3) is 0.565. The molecular weight excluding hydrogens is 464 g/mol. The zero-order valence-corrected chi connectivity index (χ0v) is 20.4. The van der Waals surface area contributed by atoms with Crippen molar-refractivity contribution in [3.05, 3.63) is 29.8 Å². The van der Waals surface area contributed by atoms with E-state index < -0.39 is 32.7 Å². The lowest BCUT2D eigenvalue weighted by molar-refractivity contribution is -0.132. The number of rotatable bonds is 7. The van der Waals surface area contributed by atoms with Gasteiger partial charge in [0.25, 0.3) is 5.91 Å². The zero-order valence-electron chi connectivity index (χ0n) is 19.6. The highest BCUT2D eigenvalue weighted by atomic mass is 32.2. The summed E-state index contributed by atoms with van der Waals surface area (Å²) in [6.45, 7) is 1.25. The summed E-state index contributed by atoms with van der Waals surface area (Å²) < 4.78 is 38.6. The average molecular weight is 495 g/mol. The van der Waals surface area contributed by atoms with E-state index in [4.69, 9.17) is 19.4 Å². The molecule has 5 atom stereocenters. The molecule has 34 heavy (non-hydrogen) atoms. The van der Waals surface area contributed by atoms with Crippen LogP contribution in [0.4, 0.5) is 10.5 Å². The van der Waals surface area contributed by atoms with Crippen molar-refractivity contribution < 1.29 is 37.4 Å². The van der Waals surface area contributed by atoms with Crippen LogP contribution >= 0.6 is 0 Å². The molecule has 0 radical (unpaired) electrons. The van der Waals surface area contributed by atoms with Gasteiger partial charge in [0.1, 0.15) is 6.10 Å². The summed E-state index contributed by atoms with van der Waals surface area (Å²) in [6, 6.07) is 7.04. The Morgan fingerprint density at radius 2 is 1.82 bits per heavy atom. The van der Waals surface area contributed by atoms with Crippen LogP contribution in [0.2, 0.25) is 0 Å². The summed E-state index contributed by atoms with van der Waals surface area (Å²) in [4.78, 5) is 25.8. The number of nitrogens with one attached hydrogen (secondary N) is 1. The van der Waals surface area contributed by atoms with Crippen LogP contribution in [0, 0.1) is 17.8 Å². The number of hydrogen-bond donors (Lipinski definition) is 2. The first-order chi connectivity index (χ1) is 16.0. The number of sulfone groups is 1. The molecule has 1 heterocycles. The van der Waals surface area contributed by atoms with Gasteiger partial charge in [-0.25, -0.2) is 18.7 Å². The molecule has 0 unspecified atom stereocenters. The molecule has 1 aliphatic carbocycles. The number of nitrogens with zero attached hydrogens (tertiary/aromatic N) is 1. The third kappa shape index (κ3) is 5.36. The molecule has 10 nitrogen and oxygen atoms in total. The van der Waals surface area contributed by atoms with Crippen molar-refractivity contribution in [1.82, 2.24) is 5.48 Å². The number of hydroxylamine groups is 1. The first-order valence-corrected chi connectivity index (χ1v) is 12.7. The van der Waals surface area contributed by atoms with Crippen molar-refractivity contribution in [3.63, 3.8) is 0 Å². The quantitative estimate of drug-likeness (QED) is 0.331. The molecule has 1 aromatic rings. The number of carbonyl (C=O) groups excluding carboxylic acids is 2. The molecule has 3 rings (SSSR count). The van der Waals surface area contributed by atoms with Crippen LogP contribution in [-0.4, -0.2) is 75.7 Å². The number of amides is 2. The molecule has 1 aliphatic heterocycles. The highest BCUT2D eigenvalue weighted by Crippen LogP contribution is 2.31. The first-order valence-electron chi connectivity index (χ1n) is 10.8. The fourth-order valence-corrected chi connectivity index (χ4v) is 5.16. The number of methoxy groups -OCH3 is 2. The van der Waals surface area contributed by atoms with Gasteiger partial charge in [-0.1, -0.05) is 11.8 Å². The van der Waals surface area contributed by atoms with E-state index in [1.807, 2.05) is 0 Å². The predicted molar refractivity (Wildman–Crippen MR) is 123 cm³/mol. The Balaban J connectivity index is 1.67. The second kappa shape index (κ2) is 10.3. The van der Waals surface area contributed by atoms with Crippen LogP contribution in [0.1, 0.15) is 31.7 Å². The molecular formula is C23H30N2O8S. The molecule has 1 saturated carbocycles. The van der Waals surface area contributed by atoms with Gasteiger partial charge in [-0.2, -0.15) is 0 Å². The molecule has 0 spiro atoms. The van der Waals surface area contributed by atoms with Gasteiger partial charge >= 0.3 is 6.09 Å².